The van der Waals surface area contributed by atoms with Crippen molar-refractivity contribution < 1.29 is 19.8 Å². The highest BCUT2D eigenvalue weighted by Gasteiger charge is 2.23. The van der Waals surface area contributed by atoms with Gasteiger partial charge in [0.25, 0.3) is 0 Å². The van der Waals surface area contributed by atoms with Gasteiger partial charge in [-0.3, -0.25) is 5.32 Å². The average molecular weight is 332 g/mol. The quantitative estimate of drug-likeness (QED) is 0.641. The van der Waals surface area contributed by atoms with E-state index < -0.39 is 17.6 Å². The predicted molar refractivity (Wildman–Crippen MR) is 86.8 cm³/mol. The molecule has 1 unspecified atom stereocenters. The summed E-state index contributed by atoms with van der Waals surface area (Å²) >= 11 is 2.70. The third-order valence-electron chi connectivity index (χ3n) is 2.91. The minimum Gasteiger partial charge on any atom is -0.478 e. The zero-order valence-corrected chi connectivity index (χ0v) is 14.1. The zero-order chi connectivity index (χ0) is 16.2. The first-order chi connectivity index (χ1) is 9.68. The third-order valence-corrected chi connectivity index (χ3v) is 4.94. The fraction of sp³-hybridized carbons (Fsp3) is 0.538. The van der Waals surface area contributed by atoms with Gasteiger partial charge in [-0.1, -0.05) is 0 Å². The van der Waals surface area contributed by atoms with Crippen molar-refractivity contribution in [1.82, 2.24) is 5.32 Å². The standard InChI is InChI=1S/C13H20N2O4S2/c1-7-8(2)21-10(9(7)11(16)17)15-12(18)14-5-13(3,19)6-20-4/h19H,5-6H2,1-4H3,(H,16,17)(H2,14,15,18). The highest BCUT2D eigenvalue weighted by molar-refractivity contribution is 7.98. The average Bonchev–Trinajstić information content (AvgIpc) is 2.62. The van der Waals surface area contributed by atoms with Crippen LogP contribution in [-0.2, 0) is 0 Å². The van der Waals surface area contributed by atoms with Crippen LogP contribution in [0, 0.1) is 13.8 Å². The zero-order valence-electron chi connectivity index (χ0n) is 12.4. The van der Waals surface area contributed by atoms with E-state index in [4.69, 9.17) is 0 Å². The van der Waals surface area contributed by atoms with E-state index in [1.807, 2.05) is 6.26 Å². The van der Waals surface area contributed by atoms with Crippen LogP contribution >= 0.6 is 23.1 Å². The Labute approximate surface area is 131 Å². The first kappa shape index (κ1) is 17.8. The van der Waals surface area contributed by atoms with Gasteiger partial charge >= 0.3 is 12.0 Å². The summed E-state index contributed by atoms with van der Waals surface area (Å²) in [6, 6.07) is -0.528. The summed E-state index contributed by atoms with van der Waals surface area (Å²) < 4.78 is 0. The lowest BCUT2D eigenvalue weighted by Crippen LogP contribution is -2.43. The number of carbonyl (C=O) groups is 2. The molecule has 6 nitrogen and oxygen atoms in total. The second-order valence-corrected chi connectivity index (χ2v) is 7.12. The smallest absolute Gasteiger partial charge is 0.338 e. The number of aromatic carboxylic acids is 1. The summed E-state index contributed by atoms with van der Waals surface area (Å²) in [6.07, 6.45) is 1.87. The number of hydrogen-bond donors (Lipinski definition) is 4. The third kappa shape index (κ3) is 4.90. The number of urea groups is 1. The predicted octanol–water partition coefficient (Wildman–Crippen LogP) is 2.30. The summed E-state index contributed by atoms with van der Waals surface area (Å²) in [7, 11) is 0. The number of amides is 2. The molecule has 0 fully saturated rings. The monoisotopic (exact) mass is 332 g/mol. The van der Waals surface area contributed by atoms with Gasteiger partial charge in [-0.15, -0.1) is 11.3 Å². The molecule has 0 spiro atoms. The Morgan fingerprint density at radius 2 is 2.00 bits per heavy atom. The molecule has 0 saturated heterocycles. The number of aliphatic hydroxyl groups is 1. The first-order valence-corrected chi connectivity index (χ1v) is 8.48. The maximum Gasteiger partial charge on any atom is 0.338 e. The Morgan fingerprint density at radius 3 is 2.52 bits per heavy atom. The van der Waals surface area contributed by atoms with Crippen LogP contribution in [0.5, 0.6) is 0 Å². The molecule has 0 radical (unpaired) electrons. The number of rotatable bonds is 6. The van der Waals surface area contributed by atoms with Crippen molar-refractivity contribution >= 4 is 40.1 Å². The van der Waals surface area contributed by atoms with Gasteiger partial charge in [0.05, 0.1) is 11.2 Å². The van der Waals surface area contributed by atoms with Crippen molar-refractivity contribution in [2.45, 2.75) is 26.4 Å². The van der Waals surface area contributed by atoms with Crippen LogP contribution in [0.4, 0.5) is 9.80 Å². The minimum atomic E-state index is -1.07. The van der Waals surface area contributed by atoms with E-state index in [1.165, 1.54) is 23.1 Å². The number of carboxylic acid groups (broad SMARTS) is 1. The van der Waals surface area contributed by atoms with Crippen LogP contribution in [0.25, 0.3) is 0 Å². The number of hydrogen-bond acceptors (Lipinski definition) is 5. The van der Waals surface area contributed by atoms with Gasteiger partial charge in [0.15, 0.2) is 0 Å². The number of thiophene rings is 1. The SMILES string of the molecule is CSCC(C)(O)CNC(=O)Nc1sc(C)c(C)c1C(=O)O. The molecule has 1 aromatic heterocycles. The molecule has 1 atom stereocenters. The van der Waals surface area contributed by atoms with E-state index in [1.54, 1.807) is 20.8 Å². The molecule has 0 aliphatic heterocycles. The summed E-state index contributed by atoms with van der Waals surface area (Å²) in [5.74, 6) is -0.577. The van der Waals surface area contributed by atoms with Crippen molar-refractivity contribution in [3.8, 4) is 0 Å². The highest BCUT2D eigenvalue weighted by atomic mass is 32.2. The van der Waals surface area contributed by atoms with Crippen LogP contribution in [-0.4, -0.2) is 46.4 Å². The summed E-state index contributed by atoms with van der Waals surface area (Å²) in [4.78, 5) is 23.9. The Balaban J connectivity index is 2.72. The molecule has 21 heavy (non-hydrogen) atoms. The summed E-state index contributed by atoms with van der Waals surface area (Å²) in [5.41, 5.74) is -0.242. The Hall–Kier alpha value is -1.25. The lowest BCUT2D eigenvalue weighted by atomic mass is 10.1. The molecule has 118 valence electrons. The van der Waals surface area contributed by atoms with Crippen LogP contribution in [0.15, 0.2) is 0 Å². The van der Waals surface area contributed by atoms with E-state index in [2.05, 4.69) is 10.6 Å². The van der Waals surface area contributed by atoms with Crippen LogP contribution in [0.3, 0.4) is 0 Å². The van der Waals surface area contributed by atoms with Gasteiger partial charge in [0, 0.05) is 17.2 Å². The summed E-state index contributed by atoms with van der Waals surface area (Å²) in [5, 5.41) is 24.6. The van der Waals surface area contributed by atoms with Crippen molar-refractivity contribution in [3.63, 3.8) is 0 Å². The van der Waals surface area contributed by atoms with E-state index in [0.29, 0.717) is 16.3 Å². The maximum atomic E-state index is 11.8. The van der Waals surface area contributed by atoms with E-state index in [0.717, 1.165) is 4.88 Å². The Morgan fingerprint density at radius 1 is 1.38 bits per heavy atom. The molecule has 1 aromatic rings. The highest BCUT2D eigenvalue weighted by Crippen LogP contribution is 2.32. The van der Waals surface area contributed by atoms with E-state index in [-0.39, 0.29) is 12.1 Å². The largest absolute Gasteiger partial charge is 0.478 e. The van der Waals surface area contributed by atoms with Gasteiger partial charge in [-0.05, 0) is 32.6 Å². The second-order valence-electron chi connectivity index (χ2n) is 5.03. The molecular weight excluding hydrogens is 312 g/mol. The molecule has 1 heterocycles. The lowest BCUT2D eigenvalue weighted by Gasteiger charge is -2.22. The van der Waals surface area contributed by atoms with Gasteiger partial charge < -0.3 is 15.5 Å². The number of carbonyl (C=O) groups excluding carboxylic acids is 1. The molecule has 0 aromatic carbocycles. The number of thioether (sulfide) groups is 1. The van der Waals surface area contributed by atoms with Crippen molar-refractivity contribution in [2.24, 2.45) is 0 Å². The lowest BCUT2D eigenvalue weighted by molar-refractivity contribution is 0.0697. The molecule has 2 amide bonds. The topological polar surface area (TPSA) is 98.7 Å². The molecular formula is C13H20N2O4S2. The van der Waals surface area contributed by atoms with Crippen molar-refractivity contribution in [2.75, 3.05) is 23.9 Å². The Bertz CT molecular complexity index is 541. The van der Waals surface area contributed by atoms with Crippen LogP contribution < -0.4 is 10.6 Å². The number of carboxylic acids is 1. The van der Waals surface area contributed by atoms with Crippen LogP contribution in [0.1, 0.15) is 27.7 Å². The number of nitrogens with one attached hydrogen (secondary N) is 2. The fourth-order valence-electron chi connectivity index (χ4n) is 1.75. The molecule has 0 aliphatic carbocycles. The minimum absolute atomic E-state index is 0.0887. The maximum absolute atomic E-state index is 11.8. The number of aryl methyl sites for hydroxylation is 1. The summed E-state index contributed by atoms with van der Waals surface area (Å²) in [6.45, 7) is 5.23. The normalized spacial score (nSPS) is 13.6. The molecule has 8 heteroatoms. The molecule has 0 saturated carbocycles. The first-order valence-electron chi connectivity index (χ1n) is 6.27. The van der Waals surface area contributed by atoms with Crippen molar-refractivity contribution in [3.05, 3.63) is 16.0 Å². The number of anilines is 1. The second kappa shape index (κ2) is 7.15. The van der Waals surface area contributed by atoms with Gasteiger partial charge in [-0.25, -0.2) is 9.59 Å². The van der Waals surface area contributed by atoms with Crippen molar-refractivity contribution in [1.29, 1.82) is 0 Å². The van der Waals surface area contributed by atoms with E-state index in [9.17, 15) is 19.8 Å². The van der Waals surface area contributed by atoms with Gasteiger partial charge in [0.1, 0.15) is 5.00 Å². The molecule has 0 aliphatic rings. The van der Waals surface area contributed by atoms with Crippen LogP contribution in [0.2, 0.25) is 0 Å². The van der Waals surface area contributed by atoms with E-state index >= 15 is 0 Å². The van der Waals surface area contributed by atoms with Gasteiger partial charge in [0.2, 0.25) is 0 Å². The van der Waals surface area contributed by atoms with Gasteiger partial charge in [-0.2, -0.15) is 11.8 Å². The molecule has 1 rings (SSSR count). The molecule has 0 bridgehead atoms. The Kier molecular flexibility index (Phi) is 6.06. The molecule has 4 N–H and O–H groups in total. The fourth-order valence-corrected chi connectivity index (χ4v) is 3.52.